The maximum atomic E-state index is 14.8. The molecule has 48 heavy (non-hydrogen) atoms. The van der Waals surface area contributed by atoms with E-state index in [0.717, 1.165) is 47.5 Å². The van der Waals surface area contributed by atoms with Crippen LogP contribution in [-0.2, 0) is 32.6 Å². The number of halogens is 1. The first-order valence-corrected chi connectivity index (χ1v) is 18.1. The van der Waals surface area contributed by atoms with Crippen LogP contribution in [0.3, 0.4) is 0 Å². The highest BCUT2D eigenvalue weighted by molar-refractivity contribution is 7.92. The molecule has 10 heteroatoms. The summed E-state index contributed by atoms with van der Waals surface area (Å²) in [6, 6.07) is 28.9. The van der Waals surface area contributed by atoms with Crippen molar-refractivity contribution in [3.63, 3.8) is 0 Å². The van der Waals surface area contributed by atoms with E-state index in [1.54, 1.807) is 50.4 Å². The maximum absolute atomic E-state index is 14.8. The molecule has 1 atom stereocenters. The molecule has 8 nitrogen and oxygen atoms in total. The van der Waals surface area contributed by atoms with Crippen LogP contribution in [-0.4, -0.2) is 50.9 Å². The molecule has 1 aliphatic rings. The molecule has 4 aromatic carbocycles. The van der Waals surface area contributed by atoms with Crippen LogP contribution in [0.25, 0.3) is 0 Å². The fourth-order valence-electron chi connectivity index (χ4n) is 6.17. The number of benzene rings is 4. The van der Waals surface area contributed by atoms with Crippen molar-refractivity contribution < 1.29 is 22.7 Å². The van der Waals surface area contributed by atoms with Crippen LogP contribution < -0.4 is 14.4 Å². The molecule has 4 aromatic rings. The van der Waals surface area contributed by atoms with Crippen LogP contribution >= 0.6 is 11.6 Å². The van der Waals surface area contributed by atoms with E-state index in [1.807, 2.05) is 54.6 Å². The summed E-state index contributed by atoms with van der Waals surface area (Å²) >= 11 is 6.48. The van der Waals surface area contributed by atoms with E-state index in [0.29, 0.717) is 16.3 Å². The molecule has 0 heterocycles. The Morgan fingerprint density at radius 1 is 0.875 bits per heavy atom. The lowest BCUT2D eigenvalue weighted by molar-refractivity contribution is -0.140. The van der Waals surface area contributed by atoms with E-state index < -0.39 is 28.5 Å². The smallest absolute Gasteiger partial charge is 0.264 e. The molecule has 0 aliphatic heterocycles. The minimum atomic E-state index is -4.23. The van der Waals surface area contributed by atoms with Crippen molar-refractivity contribution in [2.24, 2.45) is 0 Å². The minimum absolute atomic E-state index is 0.0161. The number of nitrogens with zero attached hydrogens (tertiary/aromatic N) is 2. The Kier molecular flexibility index (Phi) is 11.8. The number of anilines is 1. The van der Waals surface area contributed by atoms with Crippen LogP contribution in [0.1, 0.15) is 48.8 Å². The summed E-state index contributed by atoms with van der Waals surface area (Å²) in [6.07, 6.45) is 5.21. The van der Waals surface area contributed by atoms with Crippen molar-refractivity contribution in [2.45, 2.75) is 69.0 Å². The Balaban J connectivity index is 1.59. The first kappa shape index (κ1) is 35.0. The van der Waals surface area contributed by atoms with Crippen LogP contribution in [0.2, 0.25) is 5.02 Å². The van der Waals surface area contributed by atoms with E-state index in [-0.39, 0.29) is 35.5 Å². The number of hydrogen-bond donors (Lipinski definition) is 1. The summed E-state index contributed by atoms with van der Waals surface area (Å²) in [5, 5.41) is 3.60. The number of amides is 2. The lowest BCUT2D eigenvalue weighted by Crippen LogP contribution is -2.55. The molecule has 0 saturated heterocycles. The first-order chi connectivity index (χ1) is 23.2. The molecular weight excluding hydrogens is 646 g/mol. The highest BCUT2D eigenvalue weighted by Gasteiger charge is 2.36. The summed E-state index contributed by atoms with van der Waals surface area (Å²) in [5.74, 6) is -0.191. The van der Waals surface area contributed by atoms with Gasteiger partial charge in [-0.1, -0.05) is 97.6 Å². The number of ether oxygens (including phenoxy) is 1. The Morgan fingerprint density at radius 3 is 2.21 bits per heavy atom. The molecule has 0 aromatic heterocycles. The average molecular weight is 688 g/mol. The standard InChI is InChI=1S/C38H42ClN3O5S/c1-28-34(39)22-13-23-35(28)42(48(45,46)33-20-10-5-11-21-33)27-37(43)41(26-30-16-12-19-32(24-30)47-2)36(25-29-14-6-3-7-15-29)38(44)40-31-17-8-4-9-18-31/h3,5-7,10-16,19-24,31,36H,4,8-9,17-18,25-27H2,1-2H3,(H,40,44)/t36-/m1/s1. The van der Waals surface area contributed by atoms with E-state index >= 15 is 0 Å². The van der Waals surface area contributed by atoms with Crippen molar-refractivity contribution in [1.82, 2.24) is 10.2 Å². The Labute approximate surface area is 288 Å². The number of sulfonamides is 1. The predicted molar refractivity (Wildman–Crippen MR) is 190 cm³/mol. The van der Waals surface area contributed by atoms with Gasteiger partial charge in [-0.15, -0.1) is 0 Å². The quantitative estimate of drug-likeness (QED) is 0.164. The molecule has 0 unspecified atom stereocenters. The largest absolute Gasteiger partial charge is 0.497 e. The Hall–Kier alpha value is -4.34. The van der Waals surface area contributed by atoms with Crippen molar-refractivity contribution >= 4 is 39.1 Å². The minimum Gasteiger partial charge on any atom is -0.497 e. The summed E-state index contributed by atoms with van der Waals surface area (Å²) in [7, 11) is -2.66. The second-order valence-electron chi connectivity index (χ2n) is 12.1. The van der Waals surface area contributed by atoms with Gasteiger partial charge in [-0.05, 0) is 72.9 Å². The van der Waals surface area contributed by atoms with Gasteiger partial charge in [0.1, 0.15) is 18.3 Å². The third kappa shape index (κ3) is 8.57. The number of carbonyl (C=O) groups is 2. The third-order valence-corrected chi connectivity index (χ3v) is 11.0. The summed E-state index contributed by atoms with van der Waals surface area (Å²) in [4.78, 5) is 30.6. The summed E-state index contributed by atoms with van der Waals surface area (Å²) in [6.45, 7) is 1.23. The van der Waals surface area contributed by atoms with Crippen LogP contribution in [0.15, 0.2) is 108 Å². The van der Waals surface area contributed by atoms with Gasteiger partial charge in [0.15, 0.2) is 0 Å². The number of hydrogen-bond acceptors (Lipinski definition) is 5. The van der Waals surface area contributed by atoms with Crippen LogP contribution in [0, 0.1) is 6.92 Å². The van der Waals surface area contributed by atoms with E-state index in [1.165, 1.54) is 17.0 Å². The monoisotopic (exact) mass is 687 g/mol. The summed E-state index contributed by atoms with van der Waals surface area (Å²) < 4.78 is 35.1. The zero-order valence-electron chi connectivity index (χ0n) is 27.3. The normalized spacial score (nSPS) is 14.1. The van der Waals surface area contributed by atoms with Crippen molar-refractivity contribution in [3.8, 4) is 5.75 Å². The van der Waals surface area contributed by atoms with Gasteiger partial charge in [-0.25, -0.2) is 8.42 Å². The van der Waals surface area contributed by atoms with Gasteiger partial charge in [-0.2, -0.15) is 0 Å². The second-order valence-corrected chi connectivity index (χ2v) is 14.4. The topological polar surface area (TPSA) is 96.0 Å². The lowest BCUT2D eigenvalue weighted by Gasteiger charge is -2.35. The number of nitrogens with one attached hydrogen (secondary N) is 1. The molecule has 1 aliphatic carbocycles. The zero-order chi connectivity index (χ0) is 34.1. The van der Waals surface area contributed by atoms with Crippen molar-refractivity contribution in [1.29, 1.82) is 0 Å². The van der Waals surface area contributed by atoms with E-state index in [4.69, 9.17) is 16.3 Å². The second kappa shape index (κ2) is 16.2. The van der Waals surface area contributed by atoms with Gasteiger partial charge in [0.05, 0.1) is 17.7 Å². The molecule has 252 valence electrons. The molecule has 2 amide bonds. The molecule has 1 fully saturated rings. The molecule has 1 saturated carbocycles. The summed E-state index contributed by atoms with van der Waals surface area (Å²) in [5.41, 5.74) is 2.42. The van der Waals surface area contributed by atoms with Crippen molar-refractivity contribution in [2.75, 3.05) is 18.0 Å². The zero-order valence-corrected chi connectivity index (χ0v) is 28.9. The highest BCUT2D eigenvalue weighted by Crippen LogP contribution is 2.31. The van der Waals surface area contributed by atoms with Gasteiger partial charge < -0.3 is 15.0 Å². The molecule has 0 radical (unpaired) electrons. The van der Waals surface area contributed by atoms with Gasteiger partial charge in [0.2, 0.25) is 11.8 Å². The van der Waals surface area contributed by atoms with Gasteiger partial charge in [0.25, 0.3) is 10.0 Å². The molecule has 1 N–H and O–H groups in total. The number of methoxy groups -OCH3 is 1. The lowest BCUT2D eigenvalue weighted by atomic mass is 9.94. The molecule has 5 rings (SSSR count). The Bertz CT molecular complexity index is 1800. The van der Waals surface area contributed by atoms with E-state index in [9.17, 15) is 18.0 Å². The average Bonchev–Trinajstić information content (AvgIpc) is 3.11. The maximum Gasteiger partial charge on any atom is 0.264 e. The number of rotatable bonds is 13. The van der Waals surface area contributed by atoms with Crippen LogP contribution in [0.4, 0.5) is 5.69 Å². The first-order valence-electron chi connectivity index (χ1n) is 16.3. The third-order valence-electron chi connectivity index (χ3n) is 8.83. The molecule has 0 spiro atoms. The number of carbonyl (C=O) groups excluding carboxylic acids is 2. The van der Waals surface area contributed by atoms with E-state index in [2.05, 4.69) is 5.32 Å². The SMILES string of the molecule is COc1cccc(CN(C(=O)CN(c2cccc(Cl)c2C)S(=O)(=O)c2ccccc2)[C@H](Cc2ccccc2)C(=O)NC2CCCCC2)c1. The Morgan fingerprint density at radius 2 is 1.52 bits per heavy atom. The van der Waals surface area contributed by atoms with Gasteiger partial charge >= 0.3 is 0 Å². The van der Waals surface area contributed by atoms with Gasteiger partial charge in [-0.3, -0.25) is 13.9 Å². The molecule has 0 bridgehead atoms. The highest BCUT2D eigenvalue weighted by atomic mass is 35.5. The fourth-order valence-corrected chi connectivity index (χ4v) is 7.83. The van der Waals surface area contributed by atoms with Crippen molar-refractivity contribution in [3.05, 3.63) is 125 Å². The van der Waals surface area contributed by atoms with Crippen LogP contribution in [0.5, 0.6) is 5.75 Å². The van der Waals surface area contributed by atoms with Gasteiger partial charge in [0, 0.05) is 24.0 Å². The fraction of sp³-hybridized carbons (Fsp3) is 0.316. The predicted octanol–water partition coefficient (Wildman–Crippen LogP) is 6.94. The molecular formula is C38H42ClN3O5S.